The molecule has 0 radical (unpaired) electrons. The summed E-state index contributed by atoms with van der Waals surface area (Å²) in [6.07, 6.45) is 2.10. The van der Waals surface area contributed by atoms with Crippen molar-refractivity contribution in [3.8, 4) is 0 Å². The number of nitrogens with zero attached hydrogens (tertiary/aromatic N) is 3. The first-order valence-electron chi connectivity index (χ1n) is 8.55. The van der Waals surface area contributed by atoms with E-state index in [2.05, 4.69) is 21.7 Å². The van der Waals surface area contributed by atoms with Crippen LogP contribution in [-0.4, -0.2) is 34.4 Å². The lowest BCUT2D eigenvalue weighted by Crippen LogP contribution is -2.17. The molecule has 0 atom stereocenters. The number of nitrogen functional groups attached to an aromatic ring is 1. The fourth-order valence-electron chi connectivity index (χ4n) is 4.04. The number of pyridine rings is 1. The van der Waals surface area contributed by atoms with Gasteiger partial charge in [-0.3, -0.25) is 0 Å². The number of ether oxygens (including phenoxy) is 2. The quantitative estimate of drug-likeness (QED) is 0.744. The van der Waals surface area contributed by atoms with Crippen LogP contribution in [0.25, 0.3) is 21.9 Å². The standard InChI is InChI=1S/C18H20N4O2/c19-18-16-17(22-6-9-24-10-14(22)21-16)15-12(2-1-3-13(15)20-18)11-4-7-23-8-5-11/h1-3,11H,4-10H2,(H2,19,20). The molecule has 24 heavy (non-hydrogen) atoms. The van der Waals surface area contributed by atoms with Crippen molar-refractivity contribution >= 4 is 27.8 Å². The molecule has 2 N–H and O–H groups in total. The maximum Gasteiger partial charge on any atom is 0.152 e. The summed E-state index contributed by atoms with van der Waals surface area (Å²) < 4.78 is 13.4. The summed E-state index contributed by atoms with van der Waals surface area (Å²) in [5.41, 5.74) is 10.5. The van der Waals surface area contributed by atoms with Crippen LogP contribution in [-0.2, 0) is 22.6 Å². The SMILES string of the molecule is Nc1nc2cccc(C3CCOCC3)c2c2c1nc1n2CCOC1. The highest BCUT2D eigenvalue weighted by Crippen LogP contribution is 2.37. The van der Waals surface area contributed by atoms with Crippen molar-refractivity contribution in [2.45, 2.75) is 31.9 Å². The molecule has 3 aromatic rings. The number of fused-ring (bicyclic) bond motifs is 5. The second-order valence-electron chi connectivity index (χ2n) is 6.55. The van der Waals surface area contributed by atoms with Crippen molar-refractivity contribution in [3.63, 3.8) is 0 Å². The van der Waals surface area contributed by atoms with Gasteiger partial charge in [-0.2, -0.15) is 0 Å². The van der Waals surface area contributed by atoms with Gasteiger partial charge in [-0.25, -0.2) is 9.97 Å². The van der Waals surface area contributed by atoms with E-state index in [1.165, 1.54) is 10.9 Å². The lowest BCUT2D eigenvalue weighted by atomic mass is 9.88. The van der Waals surface area contributed by atoms with E-state index in [0.717, 1.165) is 55.0 Å². The minimum absolute atomic E-state index is 0.502. The first-order chi connectivity index (χ1) is 11.8. The van der Waals surface area contributed by atoms with E-state index < -0.39 is 0 Å². The molecule has 1 saturated heterocycles. The van der Waals surface area contributed by atoms with Gasteiger partial charge in [0.25, 0.3) is 0 Å². The maximum atomic E-state index is 6.22. The van der Waals surface area contributed by atoms with Crippen molar-refractivity contribution in [2.75, 3.05) is 25.6 Å². The molecule has 6 nitrogen and oxygen atoms in total. The first-order valence-corrected chi connectivity index (χ1v) is 8.55. The Kier molecular flexibility index (Phi) is 3.21. The third kappa shape index (κ3) is 2.03. The van der Waals surface area contributed by atoms with Gasteiger partial charge < -0.3 is 19.8 Å². The minimum atomic E-state index is 0.502. The van der Waals surface area contributed by atoms with Gasteiger partial charge in [0.15, 0.2) is 5.82 Å². The van der Waals surface area contributed by atoms with E-state index in [4.69, 9.17) is 20.2 Å². The van der Waals surface area contributed by atoms with Crippen molar-refractivity contribution in [1.82, 2.24) is 14.5 Å². The Morgan fingerprint density at radius 3 is 2.83 bits per heavy atom. The third-order valence-corrected chi connectivity index (χ3v) is 5.19. The maximum absolute atomic E-state index is 6.22. The Bertz CT molecular complexity index is 928. The molecule has 1 aromatic carbocycles. The molecular formula is C18H20N4O2. The zero-order chi connectivity index (χ0) is 16.1. The fraction of sp³-hybridized carbons (Fsp3) is 0.444. The van der Waals surface area contributed by atoms with Crippen LogP contribution in [0.3, 0.4) is 0 Å². The molecular weight excluding hydrogens is 304 g/mol. The number of nitrogens with two attached hydrogens (primary N) is 1. The monoisotopic (exact) mass is 324 g/mol. The second-order valence-corrected chi connectivity index (χ2v) is 6.55. The molecule has 0 unspecified atom stereocenters. The molecule has 1 fully saturated rings. The highest BCUT2D eigenvalue weighted by Gasteiger charge is 2.24. The molecule has 2 aliphatic rings. The zero-order valence-electron chi connectivity index (χ0n) is 13.5. The van der Waals surface area contributed by atoms with Crippen LogP contribution in [0.1, 0.15) is 30.1 Å². The van der Waals surface area contributed by atoms with Crippen LogP contribution in [0, 0.1) is 0 Å². The Balaban J connectivity index is 1.86. The molecule has 6 heteroatoms. The molecule has 2 aliphatic heterocycles. The molecule has 0 saturated carbocycles. The second kappa shape index (κ2) is 5.43. The van der Waals surface area contributed by atoms with Crippen LogP contribution in [0.4, 0.5) is 5.82 Å². The minimum Gasteiger partial charge on any atom is -0.382 e. The molecule has 0 spiro atoms. The van der Waals surface area contributed by atoms with Crippen molar-refractivity contribution in [1.29, 1.82) is 0 Å². The molecule has 4 heterocycles. The van der Waals surface area contributed by atoms with E-state index in [1.807, 2.05) is 6.07 Å². The van der Waals surface area contributed by atoms with Gasteiger partial charge in [-0.15, -0.1) is 0 Å². The van der Waals surface area contributed by atoms with Crippen molar-refractivity contribution in [2.24, 2.45) is 0 Å². The van der Waals surface area contributed by atoms with E-state index in [0.29, 0.717) is 24.9 Å². The molecule has 5 rings (SSSR count). The number of hydrogen-bond donors (Lipinski definition) is 1. The Labute approximate surface area is 139 Å². The highest BCUT2D eigenvalue weighted by atomic mass is 16.5. The van der Waals surface area contributed by atoms with Crippen molar-refractivity contribution < 1.29 is 9.47 Å². The van der Waals surface area contributed by atoms with Crippen molar-refractivity contribution in [3.05, 3.63) is 29.6 Å². The average molecular weight is 324 g/mol. The first kappa shape index (κ1) is 14.2. The van der Waals surface area contributed by atoms with E-state index in [9.17, 15) is 0 Å². The number of anilines is 1. The summed E-state index contributed by atoms with van der Waals surface area (Å²) in [5, 5.41) is 1.20. The number of aromatic nitrogens is 3. The van der Waals surface area contributed by atoms with Gasteiger partial charge in [0.1, 0.15) is 17.9 Å². The lowest BCUT2D eigenvalue weighted by molar-refractivity contribution is 0.0830. The number of rotatable bonds is 1. The molecule has 0 amide bonds. The normalized spacial score (nSPS) is 19.0. The van der Waals surface area contributed by atoms with Crippen LogP contribution < -0.4 is 5.73 Å². The summed E-state index contributed by atoms with van der Waals surface area (Å²) in [7, 11) is 0. The number of benzene rings is 1. The highest BCUT2D eigenvalue weighted by molar-refractivity contribution is 6.08. The van der Waals surface area contributed by atoms with E-state index in [-0.39, 0.29) is 0 Å². The van der Waals surface area contributed by atoms with Gasteiger partial charge in [0.2, 0.25) is 0 Å². The van der Waals surface area contributed by atoms with Crippen LogP contribution in [0.2, 0.25) is 0 Å². The summed E-state index contributed by atoms with van der Waals surface area (Å²) in [4.78, 5) is 9.35. The lowest BCUT2D eigenvalue weighted by Gasteiger charge is -2.24. The predicted octanol–water partition coefficient (Wildman–Crippen LogP) is 2.59. The Morgan fingerprint density at radius 2 is 1.96 bits per heavy atom. The van der Waals surface area contributed by atoms with Gasteiger partial charge in [0, 0.05) is 25.1 Å². The number of imidazole rings is 1. The van der Waals surface area contributed by atoms with Crippen LogP contribution >= 0.6 is 0 Å². The average Bonchev–Trinajstić information content (AvgIpc) is 3.02. The van der Waals surface area contributed by atoms with Gasteiger partial charge in [0.05, 0.1) is 17.6 Å². The van der Waals surface area contributed by atoms with Crippen LogP contribution in [0.15, 0.2) is 18.2 Å². The largest absolute Gasteiger partial charge is 0.382 e. The summed E-state index contributed by atoms with van der Waals surface area (Å²) in [6, 6.07) is 6.37. The molecule has 0 aliphatic carbocycles. The third-order valence-electron chi connectivity index (χ3n) is 5.19. The Hall–Kier alpha value is -2.18. The smallest absolute Gasteiger partial charge is 0.152 e. The summed E-state index contributed by atoms with van der Waals surface area (Å²) in [6.45, 7) is 3.71. The molecule has 0 bridgehead atoms. The summed E-state index contributed by atoms with van der Waals surface area (Å²) >= 11 is 0. The van der Waals surface area contributed by atoms with E-state index in [1.54, 1.807) is 0 Å². The number of hydrogen-bond acceptors (Lipinski definition) is 5. The zero-order valence-corrected chi connectivity index (χ0v) is 13.5. The predicted molar refractivity (Wildman–Crippen MR) is 91.9 cm³/mol. The molecule has 2 aromatic heterocycles. The Morgan fingerprint density at radius 1 is 1.08 bits per heavy atom. The van der Waals surface area contributed by atoms with Gasteiger partial charge in [-0.05, 0) is 30.4 Å². The van der Waals surface area contributed by atoms with E-state index >= 15 is 0 Å². The van der Waals surface area contributed by atoms with Gasteiger partial charge >= 0.3 is 0 Å². The van der Waals surface area contributed by atoms with Crippen LogP contribution in [0.5, 0.6) is 0 Å². The van der Waals surface area contributed by atoms with Gasteiger partial charge in [-0.1, -0.05) is 12.1 Å². The fourth-order valence-corrected chi connectivity index (χ4v) is 4.04. The summed E-state index contributed by atoms with van der Waals surface area (Å²) in [5.74, 6) is 1.95. The molecule has 124 valence electrons. The topological polar surface area (TPSA) is 75.2 Å².